The fourth-order valence-electron chi connectivity index (χ4n) is 2.19. The molecule has 2 aromatic rings. The number of rotatable bonds is 4. The first-order valence-corrected chi connectivity index (χ1v) is 6.83. The third-order valence-corrected chi connectivity index (χ3v) is 3.33. The molecule has 5 nitrogen and oxygen atoms in total. The van der Waals surface area contributed by atoms with Crippen LogP contribution in [0, 0.1) is 0 Å². The van der Waals surface area contributed by atoms with Gasteiger partial charge in [-0.3, -0.25) is 9.69 Å². The Hall–Kier alpha value is -2.56. The zero-order valence-corrected chi connectivity index (χ0v) is 12.0. The Labute approximate surface area is 123 Å². The van der Waals surface area contributed by atoms with E-state index < -0.39 is 18.0 Å². The predicted octanol–water partition coefficient (Wildman–Crippen LogP) is 2.85. The average Bonchev–Trinajstić information content (AvgIpc) is 2.48. The van der Waals surface area contributed by atoms with Crippen LogP contribution in [-0.2, 0) is 4.79 Å². The van der Waals surface area contributed by atoms with Gasteiger partial charge in [-0.25, -0.2) is 4.79 Å². The SMILES string of the molecule is CCN(C(=O)NC(C)C(=O)O)c1cccc2ccccc12. The lowest BCUT2D eigenvalue weighted by molar-refractivity contribution is -0.138. The van der Waals surface area contributed by atoms with E-state index in [9.17, 15) is 9.59 Å². The number of nitrogens with one attached hydrogen (secondary N) is 1. The molecule has 21 heavy (non-hydrogen) atoms. The normalized spacial score (nSPS) is 11.9. The first kappa shape index (κ1) is 14.8. The molecule has 0 aromatic heterocycles. The van der Waals surface area contributed by atoms with E-state index in [1.54, 1.807) is 4.90 Å². The second-order valence-corrected chi connectivity index (χ2v) is 4.75. The number of aliphatic carboxylic acids is 1. The Kier molecular flexibility index (Phi) is 4.42. The third kappa shape index (κ3) is 3.13. The first-order chi connectivity index (χ1) is 10.0. The van der Waals surface area contributed by atoms with Crippen molar-refractivity contribution < 1.29 is 14.7 Å². The summed E-state index contributed by atoms with van der Waals surface area (Å²) in [6.07, 6.45) is 0. The van der Waals surface area contributed by atoms with Crippen LogP contribution in [0.1, 0.15) is 13.8 Å². The van der Waals surface area contributed by atoms with Crippen LogP contribution in [0.25, 0.3) is 10.8 Å². The lowest BCUT2D eigenvalue weighted by atomic mass is 10.1. The lowest BCUT2D eigenvalue weighted by Crippen LogP contribution is -2.46. The molecular formula is C16H18N2O3. The van der Waals surface area contributed by atoms with Gasteiger partial charge in [0.15, 0.2) is 0 Å². The number of nitrogens with zero attached hydrogens (tertiary/aromatic N) is 1. The molecule has 0 spiro atoms. The molecule has 110 valence electrons. The minimum absolute atomic E-state index is 0.413. The molecule has 0 fully saturated rings. The summed E-state index contributed by atoms with van der Waals surface area (Å²) in [5.41, 5.74) is 0.769. The van der Waals surface area contributed by atoms with Crippen molar-refractivity contribution >= 4 is 28.5 Å². The van der Waals surface area contributed by atoms with Gasteiger partial charge in [0.05, 0.1) is 5.69 Å². The Balaban J connectivity index is 2.35. The van der Waals surface area contributed by atoms with Crippen molar-refractivity contribution in [3.8, 4) is 0 Å². The maximum atomic E-state index is 12.3. The van der Waals surface area contributed by atoms with Gasteiger partial charge in [0.25, 0.3) is 0 Å². The number of anilines is 1. The second kappa shape index (κ2) is 6.26. The Morgan fingerprint density at radius 3 is 2.52 bits per heavy atom. The molecule has 2 aromatic carbocycles. The molecule has 0 aliphatic heterocycles. The van der Waals surface area contributed by atoms with Crippen LogP contribution in [-0.4, -0.2) is 29.7 Å². The minimum atomic E-state index is -1.06. The van der Waals surface area contributed by atoms with Crippen LogP contribution in [0.5, 0.6) is 0 Å². The summed E-state index contributed by atoms with van der Waals surface area (Å²) in [6, 6.07) is 12.2. The summed E-state index contributed by atoms with van der Waals surface area (Å²) in [5, 5.41) is 13.4. The van der Waals surface area contributed by atoms with Crippen LogP contribution < -0.4 is 10.2 Å². The van der Waals surface area contributed by atoms with Crippen molar-refractivity contribution in [1.82, 2.24) is 5.32 Å². The number of hydrogen-bond donors (Lipinski definition) is 2. The number of carboxylic acids is 1. The highest BCUT2D eigenvalue weighted by Gasteiger charge is 2.20. The molecule has 0 bridgehead atoms. The van der Waals surface area contributed by atoms with E-state index in [-0.39, 0.29) is 0 Å². The highest BCUT2D eigenvalue weighted by molar-refractivity contribution is 6.03. The van der Waals surface area contributed by atoms with Crippen molar-refractivity contribution in [3.63, 3.8) is 0 Å². The molecule has 2 rings (SSSR count). The molecule has 0 aliphatic carbocycles. The van der Waals surface area contributed by atoms with Gasteiger partial charge >= 0.3 is 12.0 Å². The summed E-state index contributed by atoms with van der Waals surface area (Å²) in [5.74, 6) is -1.06. The summed E-state index contributed by atoms with van der Waals surface area (Å²) in [6.45, 7) is 3.75. The molecule has 1 atom stereocenters. The van der Waals surface area contributed by atoms with E-state index in [2.05, 4.69) is 5.32 Å². The molecule has 0 saturated carbocycles. The number of hydrogen-bond acceptors (Lipinski definition) is 2. The summed E-state index contributed by atoms with van der Waals surface area (Å²) >= 11 is 0. The molecule has 0 saturated heterocycles. The third-order valence-electron chi connectivity index (χ3n) is 3.33. The quantitative estimate of drug-likeness (QED) is 0.908. The molecule has 1 unspecified atom stereocenters. The minimum Gasteiger partial charge on any atom is -0.480 e. The standard InChI is InChI=1S/C16H18N2O3/c1-3-18(16(21)17-11(2)15(19)20)14-10-6-8-12-7-4-5-9-13(12)14/h4-11H,3H2,1-2H3,(H,17,21)(H,19,20). The Morgan fingerprint density at radius 2 is 1.86 bits per heavy atom. The summed E-state index contributed by atoms with van der Waals surface area (Å²) in [7, 11) is 0. The number of amides is 2. The molecule has 0 radical (unpaired) electrons. The van der Waals surface area contributed by atoms with Crippen LogP contribution in [0.3, 0.4) is 0 Å². The highest BCUT2D eigenvalue weighted by Crippen LogP contribution is 2.26. The van der Waals surface area contributed by atoms with Crippen molar-refractivity contribution in [2.75, 3.05) is 11.4 Å². The van der Waals surface area contributed by atoms with Gasteiger partial charge in [0.1, 0.15) is 6.04 Å². The number of fused-ring (bicyclic) bond motifs is 1. The van der Waals surface area contributed by atoms with Crippen molar-refractivity contribution in [1.29, 1.82) is 0 Å². The van der Waals surface area contributed by atoms with Crippen LogP contribution >= 0.6 is 0 Å². The number of benzene rings is 2. The highest BCUT2D eigenvalue weighted by atomic mass is 16.4. The Morgan fingerprint density at radius 1 is 1.19 bits per heavy atom. The van der Waals surface area contributed by atoms with Gasteiger partial charge in [-0.2, -0.15) is 0 Å². The largest absolute Gasteiger partial charge is 0.480 e. The average molecular weight is 286 g/mol. The van der Waals surface area contributed by atoms with Crippen LogP contribution in [0.2, 0.25) is 0 Å². The summed E-state index contributed by atoms with van der Waals surface area (Å²) < 4.78 is 0. The van der Waals surface area contributed by atoms with Gasteiger partial charge in [0, 0.05) is 11.9 Å². The second-order valence-electron chi connectivity index (χ2n) is 4.75. The van der Waals surface area contributed by atoms with E-state index in [0.717, 1.165) is 16.5 Å². The monoisotopic (exact) mass is 286 g/mol. The van der Waals surface area contributed by atoms with Crippen molar-refractivity contribution in [3.05, 3.63) is 42.5 Å². The van der Waals surface area contributed by atoms with Crippen molar-refractivity contribution in [2.45, 2.75) is 19.9 Å². The van der Waals surface area contributed by atoms with E-state index in [1.807, 2.05) is 49.4 Å². The predicted molar refractivity (Wildman–Crippen MR) is 82.6 cm³/mol. The lowest BCUT2D eigenvalue weighted by Gasteiger charge is -2.24. The van der Waals surface area contributed by atoms with Crippen LogP contribution in [0.4, 0.5) is 10.5 Å². The number of carbonyl (C=O) groups excluding carboxylic acids is 1. The van der Waals surface area contributed by atoms with Gasteiger partial charge < -0.3 is 10.4 Å². The van der Waals surface area contributed by atoms with E-state index >= 15 is 0 Å². The zero-order chi connectivity index (χ0) is 15.4. The summed E-state index contributed by atoms with van der Waals surface area (Å²) in [4.78, 5) is 24.7. The van der Waals surface area contributed by atoms with Crippen LogP contribution in [0.15, 0.2) is 42.5 Å². The van der Waals surface area contributed by atoms with Crippen molar-refractivity contribution in [2.24, 2.45) is 0 Å². The molecule has 0 heterocycles. The van der Waals surface area contributed by atoms with E-state index in [4.69, 9.17) is 5.11 Å². The molecule has 2 amide bonds. The fraction of sp³-hybridized carbons (Fsp3) is 0.250. The number of carbonyl (C=O) groups is 2. The Bertz CT molecular complexity index is 664. The molecular weight excluding hydrogens is 268 g/mol. The van der Waals surface area contributed by atoms with Gasteiger partial charge in [-0.15, -0.1) is 0 Å². The van der Waals surface area contributed by atoms with E-state index in [1.165, 1.54) is 6.92 Å². The van der Waals surface area contributed by atoms with Gasteiger partial charge in [0.2, 0.25) is 0 Å². The maximum Gasteiger partial charge on any atom is 0.325 e. The maximum absolute atomic E-state index is 12.3. The topological polar surface area (TPSA) is 69.6 Å². The molecule has 5 heteroatoms. The van der Waals surface area contributed by atoms with Gasteiger partial charge in [-0.05, 0) is 25.3 Å². The number of urea groups is 1. The van der Waals surface area contributed by atoms with E-state index in [0.29, 0.717) is 6.54 Å². The fourth-order valence-corrected chi connectivity index (χ4v) is 2.19. The first-order valence-electron chi connectivity index (χ1n) is 6.83. The zero-order valence-electron chi connectivity index (χ0n) is 12.0. The molecule has 2 N–H and O–H groups in total. The van der Waals surface area contributed by atoms with Gasteiger partial charge in [-0.1, -0.05) is 36.4 Å². The number of carboxylic acid groups (broad SMARTS) is 1. The smallest absolute Gasteiger partial charge is 0.325 e. The molecule has 0 aliphatic rings.